The molecule has 0 amide bonds. The summed E-state index contributed by atoms with van der Waals surface area (Å²) in [6, 6.07) is 0. The summed E-state index contributed by atoms with van der Waals surface area (Å²) in [5.41, 5.74) is -2.62. The van der Waals surface area contributed by atoms with Crippen LogP contribution in [0.1, 0.15) is 98.3 Å². The molecule has 0 aromatic rings. The van der Waals surface area contributed by atoms with Crippen molar-refractivity contribution in [3.8, 4) is 0 Å². The molecule has 2 N–H and O–H groups in total. The smallest absolute Gasteiger partial charge is 0.338 e. The first-order chi connectivity index (χ1) is 23.8. The lowest BCUT2D eigenvalue weighted by Crippen LogP contribution is -2.68. The summed E-state index contributed by atoms with van der Waals surface area (Å²) in [5.74, 6) is -3.48. The highest BCUT2D eigenvalue weighted by molar-refractivity contribution is 5.90. The number of methoxy groups -OCH3 is 2. The van der Waals surface area contributed by atoms with Crippen molar-refractivity contribution in [2.75, 3.05) is 20.8 Å². The first kappa shape index (κ1) is 37.4. The van der Waals surface area contributed by atoms with Gasteiger partial charge in [-0.25, -0.2) is 4.79 Å². The van der Waals surface area contributed by atoms with Crippen LogP contribution in [-0.4, -0.2) is 91.7 Å². The zero-order valence-electron chi connectivity index (χ0n) is 30.4. The van der Waals surface area contributed by atoms with E-state index in [9.17, 15) is 29.4 Å². The molecule has 12 nitrogen and oxygen atoms in total. The van der Waals surface area contributed by atoms with Crippen LogP contribution in [0.25, 0.3) is 0 Å². The Labute approximate surface area is 294 Å². The molecule has 50 heavy (non-hydrogen) atoms. The van der Waals surface area contributed by atoms with Crippen LogP contribution < -0.4 is 0 Å². The number of esters is 2. The number of carbonyl (C=O) groups is 4. The maximum Gasteiger partial charge on any atom is 0.338 e. The molecule has 2 aliphatic heterocycles. The molecule has 5 fully saturated rings. The summed E-state index contributed by atoms with van der Waals surface area (Å²) in [6.07, 6.45) is 5.15. The SMILES string of the molecule is COC(=O)CCCCCCCC1OC2(OC1=O)C(O)C(OCC13CC4C(C)CCC4C4(C=O)CC1C=C(C(C)C)C43C(=O)O)OC(C)C2OC. The summed E-state index contributed by atoms with van der Waals surface area (Å²) >= 11 is 0. The lowest BCUT2D eigenvalue weighted by Gasteiger charge is -2.58. The second-order valence-corrected chi connectivity index (χ2v) is 16.2. The van der Waals surface area contributed by atoms with Crippen LogP contribution >= 0.6 is 0 Å². The molecule has 13 unspecified atom stereocenters. The summed E-state index contributed by atoms with van der Waals surface area (Å²) in [4.78, 5) is 51.8. The highest BCUT2D eigenvalue weighted by Crippen LogP contribution is 2.82. The topological polar surface area (TPSA) is 164 Å². The van der Waals surface area contributed by atoms with E-state index in [0.717, 1.165) is 50.4 Å². The van der Waals surface area contributed by atoms with Gasteiger partial charge in [0.1, 0.15) is 11.7 Å². The fraction of sp³-hybridized carbons (Fsp3) is 0.842. The van der Waals surface area contributed by atoms with Crippen molar-refractivity contribution in [3.63, 3.8) is 0 Å². The largest absolute Gasteiger partial charge is 0.481 e. The minimum absolute atomic E-state index is 0.0166. The average molecular weight is 705 g/mol. The number of hydrogen-bond donors (Lipinski definition) is 2. The summed E-state index contributed by atoms with van der Waals surface area (Å²) in [5, 5.41) is 23.2. The number of aliphatic hydroxyl groups is 1. The Kier molecular flexibility index (Phi) is 10.4. The predicted octanol–water partition coefficient (Wildman–Crippen LogP) is 4.59. The van der Waals surface area contributed by atoms with E-state index in [1.54, 1.807) is 6.92 Å². The molecule has 0 aromatic heterocycles. The van der Waals surface area contributed by atoms with Crippen LogP contribution in [-0.2, 0) is 47.6 Å². The zero-order chi connectivity index (χ0) is 36.2. The fourth-order valence-electron chi connectivity index (χ4n) is 11.6. The molecular weight excluding hydrogens is 648 g/mol. The van der Waals surface area contributed by atoms with Gasteiger partial charge in [0.15, 0.2) is 24.6 Å². The van der Waals surface area contributed by atoms with E-state index in [1.807, 2.05) is 13.8 Å². The minimum atomic E-state index is -1.89. The first-order valence-corrected chi connectivity index (χ1v) is 18.7. The van der Waals surface area contributed by atoms with Crippen LogP contribution in [0.4, 0.5) is 0 Å². The molecule has 4 aliphatic carbocycles. The Hall–Kier alpha value is -2.38. The number of aliphatic hydroxyl groups excluding tert-OH is 1. The number of unbranched alkanes of at least 4 members (excludes halogenated alkanes) is 4. The monoisotopic (exact) mass is 704 g/mol. The predicted molar refractivity (Wildman–Crippen MR) is 177 cm³/mol. The summed E-state index contributed by atoms with van der Waals surface area (Å²) < 4.78 is 35.3. The number of ether oxygens (including phenoxy) is 6. The third kappa shape index (κ3) is 5.24. The Morgan fingerprint density at radius 3 is 2.46 bits per heavy atom. The number of carbonyl (C=O) groups excluding carboxylic acids is 3. The normalized spacial score (nSPS) is 44.4. The van der Waals surface area contributed by atoms with Crippen molar-refractivity contribution in [2.45, 2.75) is 135 Å². The third-order valence-corrected chi connectivity index (χ3v) is 13.6. The van der Waals surface area contributed by atoms with Crippen LogP contribution in [0.15, 0.2) is 11.6 Å². The molecule has 13 atom stereocenters. The van der Waals surface area contributed by atoms with Gasteiger partial charge in [0.05, 0.1) is 25.2 Å². The van der Waals surface area contributed by atoms with E-state index >= 15 is 0 Å². The molecule has 0 radical (unpaired) electrons. The number of aliphatic carboxylic acids is 1. The van der Waals surface area contributed by atoms with Crippen molar-refractivity contribution in [1.82, 2.24) is 0 Å². The van der Waals surface area contributed by atoms with Crippen LogP contribution in [0.3, 0.4) is 0 Å². The highest BCUT2D eigenvalue weighted by Gasteiger charge is 2.84. The molecule has 2 heterocycles. The zero-order valence-corrected chi connectivity index (χ0v) is 30.4. The molecule has 0 aromatic carbocycles. The van der Waals surface area contributed by atoms with Crippen LogP contribution in [0.5, 0.6) is 0 Å². The summed E-state index contributed by atoms with van der Waals surface area (Å²) in [7, 11) is 2.81. The van der Waals surface area contributed by atoms with E-state index in [1.165, 1.54) is 14.2 Å². The Morgan fingerprint density at radius 1 is 1.08 bits per heavy atom. The standard InChI is InChI=1S/C38H56O12/c1-21(2)27-16-24-17-35(19-39)26-15-14-22(3)25(26)18-36(24,37(27,35)34(43)44)20-47-33-30(41)38(31(46-6)23(4)48-33)49-28(32(42)50-38)12-10-8-7-9-11-13-29(40)45-5/h16,19,21-26,28,30-31,33,41H,7-15,17-18,20H2,1-6H3,(H,43,44). The summed E-state index contributed by atoms with van der Waals surface area (Å²) in [6.45, 7) is 7.86. The van der Waals surface area contributed by atoms with Crippen molar-refractivity contribution in [1.29, 1.82) is 0 Å². The van der Waals surface area contributed by atoms with Gasteiger partial charge in [0.2, 0.25) is 0 Å². The van der Waals surface area contributed by atoms with Gasteiger partial charge in [0, 0.05) is 18.9 Å². The highest BCUT2D eigenvalue weighted by atomic mass is 16.8. The Balaban J connectivity index is 1.21. The van der Waals surface area contributed by atoms with Crippen molar-refractivity contribution in [2.24, 2.45) is 45.8 Å². The first-order valence-electron chi connectivity index (χ1n) is 18.7. The lowest BCUT2D eigenvalue weighted by molar-refractivity contribution is -0.386. The number of rotatable bonds is 15. The molecule has 280 valence electrons. The fourth-order valence-corrected chi connectivity index (χ4v) is 11.6. The number of aldehydes is 1. The molecule has 2 saturated heterocycles. The average Bonchev–Trinajstić information content (AvgIpc) is 3.76. The number of fused-ring (bicyclic) bond motifs is 2. The number of allylic oxidation sites excluding steroid dienone is 1. The molecular formula is C38H56O12. The number of carboxylic acids is 1. The molecule has 3 saturated carbocycles. The maximum atomic E-state index is 13.8. The molecule has 6 rings (SSSR count). The van der Waals surface area contributed by atoms with Gasteiger partial charge in [-0.05, 0) is 68.6 Å². The lowest BCUT2D eigenvalue weighted by atomic mass is 9.43. The van der Waals surface area contributed by atoms with Gasteiger partial charge >= 0.3 is 17.9 Å². The second kappa shape index (κ2) is 13.9. The minimum Gasteiger partial charge on any atom is -0.481 e. The van der Waals surface area contributed by atoms with Gasteiger partial charge in [0.25, 0.3) is 5.79 Å². The van der Waals surface area contributed by atoms with E-state index in [4.69, 9.17) is 23.7 Å². The van der Waals surface area contributed by atoms with Gasteiger partial charge in [-0.3, -0.25) is 9.59 Å². The quantitative estimate of drug-likeness (QED) is 0.106. The molecule has 6 aliphatic rings. The maximum absolute atomic E-state index is 13.8. The van der Waals surface area contributed by atoms with Crippen LogP contribution in [0, 0.1) is 45.8 Å². The second-order valence-electron chi connectivity index (χ2n) is 16.2. The van der Waals surface area contributed by atoms with E-state index in [2.05, 4.69) is 17.7 Å². The van der Waals surface area contributed by atoms with Crippen molar-refractivity contribution in [3.05, 3.63) is 11.6 Å². The van der Waals surface area contributed by atoms with Crippen molar-refractivity contribution >= 4 is 24.2 Å². The van der Waals surface area contributed by atoms with Crippen molar-refractivity contribution < 1.29 is 57.8 Å². The third-order valence-electron chi connectivity index (χ3n) is 13.6. The van der Waals surface area contributed by atoms with Gasteiger partial charge < -0.3 is 43.4 Å². The molecule has 4 bridgehead atoms. The number of carboxylic acid groups (broad SMARTS) is 1. The van der Waals surface area contributed by atoms with E-state index in [-0.39, 0.29) is 36.2 Å². The van der Waals surface area contributed by atoms with E-state index < -0.39 is 64.7 Å². The Morgan fingerprint density at radius 2 is 1.80 bits per heavy atom. The number of hydrogen-bond acceptors (Lipinski definition) is 11. The van der Waals surface area contributed by atoms with E-state index in [0.29, 0.717) is 38.0 Å². The Bertz CT molecular complexity index is 1360. The van der Waals surface area contributed by atoms with Gasteiger partial charge in [-0.2, -0.15) is 0 Å². The van der Waals surface area contributed by atoms with Gasteiger partial charge in [-0.15, -0.1) is 0 Å². The van der Waals surface area contributed by atoms with Gasteiger partial charge in [-0.1, -0.05) is 64.5 Å². The van der Waals surface area contributed by atoms with Crippen LogP contribution in [0.2, 0.25) is 0 Å². The molecule has 1 spiro atoms. The molecule has 12 heteroatoms.